The number of hydrogen-bond donors (Lipinski definition) is 3. The summed E-state index contributed by atoms with van der Waals surface area (Å²) in [7, 11) is 1.86. The lowest BCUT2D eigenvalue weighted by Crippen LogP contribution is -2.50. The number of amidine groups is 1. The standard InChI is InChI=1S/C26H46N6/c1-9-17(3)18(4)26(6,7)31-15-29-20-10-16(2)11-21-22(12-20)24(21)25(32-19(5)27-8)23-13-28-14-30-23/h12,14-18,21-25H,9-11,13H2,1-8H3,(H,27,32)(H,28,30)(H,29,31)/t16?,17-,18-,21?,22+,23?,24-,25-/m0/s1. The van der Waals surface area contributed by atoms with E-state index >= 15 is 0 Å². The fourth-order valence-corrected chi connectivity index (χ4v) is 5.62. The van der Waals surface area contributed by atoms with Crippen LogP contribution in [0.25, 0.3) is 0 Å². The SMILES string of the molecule is CC[C@H](C)[C@H](C)C(C)(C)N=CNC1=C[C@@H]2C(CC(C)C1)[C@@H]2[C@@H](NC(C)=NC)C1CN=CN1. The third-order valence-electron chi connectivity index (χ3n) is 8.43. The molecule has 1 aliphatic heterocycles. The molecule has 0 radical (unpaired) electrons. The Hall–Kier alpha value is -1.85. The van der Waals surface area contributed by atoms with Crippen molar-refractivity contribution in [3.05, 3.63) is 11.8 Å². The summed E-state index contributed by atoms with van der Waals surface area (Å²) in [6.45, 7) is 16.7. The Bertz CT molecular complexity index is 743. The molecule has 180 valence electrons. The van der Waals surface area contributed by atoms with Gasteiger partial charge in [0.1, 0.15) is 0 Å². The van der Waals surface area contributed by atoms with Crippen LogP contribution < -0.4 is 16.0 Å². The minimum absolute atomic E-state index is 0.0653. The maximum Gasteiger partial charge on any atom is 0.0931 e. The molecular formula is C26H46N6. The van der Waals surface area contributed by atoms with E-state index in [2.05, 4.69) is 80.5 Å². The molecule has 3 unspecified atom stereocenters. The Kier molecular flexibility index (Phi) is 8.05. The Labute approximate surface area is 195 Å². The third kappa shape index (κ3) is 5.74. The van der Waals surface area contributed by atoms with Crippen molar-refractivity contribution in [2.45, 2.75) is 85.4 Å². The summed E-state index contributed by atoms with van der Waals surface area (Å²) in [5.41, 5.74) is 1.27. The van der Waals surface area contributed by atoms with Gasteiger partial charge in [0.2, 0.25) is 0 Å². The van der Waals surface area contributed by atoms with Gasteiger partial charge in [-0.15, -0.1) is 0 Å². The van der Waals surface area contributed by atoms with Crippen molar-refractivity contribution >= 4 is 18.5 Å². The van der Waals surface area contributed by atoms with E-state index in [0.717, 1.165) is 24.7 Å². The second-order valence-corrected chi connectivity index (χ2v) is 11.0. The highest BCUT2D eigenvalue weighted by molar-refractivity contribution is 5.80. The number of hydrogen-bond acceptors (Lipinski definition) is 4. The van der Waals surface area contributed by atoms with Gasteiger partial charge < -0.3 is 16.0 Å². The lowest BCUT2D eigenvalue weighted by molar-refractivity contribution is 0.249. The van der Waals surface area contributed by atoms with E-state index in [1.807, 2.05) is 19.7 Å². The molecule has 0 aromatic carbocycles. The molecule has 0 spiro atoms. The van der Waals surface area contributed by atoms with Crippen LogP contribution in [0.3, 0.4) is 0 Å². The Balaban J connectivity index is 1.70. The number of nitrogens with one attached hydrogen (secondary N) is 3. The normalized spacial score (nSPS) is 33.1. The molecule has 0 amide bonds. The summed E-state index contributed by atoms with van der Waals surface area (Å²) in [6, 6.07) is 0.691. The van der Waals surface area contributed by atoms with Crippen LogP contribution in [0, 0.1) is 35.5 Å². The van der Waals surface area contributed by atoms with Gasteiger partial charge in [-0.2, -0.15) is 0 Å². The number of nitrogens with zero attached hydrogens (tertiary/aromatic N) is 3. The van der Waals surface area contributed by atoms with Gasteiger partial charge in [0, 0.05) is 12.7 Å². The quantitative estimate of drug-likeness (QED) is 0.369. The minimum atomic E-state index is -0.0653. The lowest BCUT2D eigenvalue weighted by atomic mass is 9.79. The van der Waals surface area contributed by atoms with E-state index in [1.165, 1.54) is 18.5 Å². The lowest BCUT2D eigenvalue weighted by Gasteiger charge is -2.32. The van der Waals surface area contributed by atoms with Crippen molar-refractivity contribution in [1.82, 2.24) is 16.0 Å². The third-order valence-corrected chi connectivity index (χ3v) is 8.43. The molecule has 1 heterocycles. The summed E-state index contributed by atoms with van der Waals surface area (Å²) in [6.07, 6.45) is 9.90. The van der Waals surface area contributed by atoms with Crippen LogP contribution in [0.2, 0.25) is 0 Å². The average molecular weight is 443 g/mol. The molecular weight excluding hydrogens is 396 g/mol. The fourth-order valence-electron chi connectivity index (χ4n) is 5.62. The zero-order chi connectivity index (χ0) is 23.5. The van der Waals surface area contributed by atoms with E-state index in [9.17, 15) is 0 Å². The van der Waals surface area contributed by atoms with E-state index in [-0.39, 0.29) is 5.54 Å². The van der Waals surface area contributed by atoms with Crippen molar-refractivity contribution in [2.24, 2.45) is 50.5 Å². The van der Waals surface area contributed by atoms with Gasteiger partial charge in [0.05, 0.1) is 42.7 Å². The molecule has 0 aromatic heterocycles. The summed E-state index contributed by atoms with van der Waals surface area (Å²) >= 11 is 0. The molecule has 0 bridgehead atoms. The van der Waals surface area contributed by atoms with Crippen LogP contribution >= 0.6 is 0 Å². The van der Waals surface area contributed by atoms with Crippen LogP contribution in [0.5, 0.6) is 0 Å². The maximum atomic E-state index is 4.95. The number of aliphatic imine (C=N–C) groups is 3. The molecule has 1 fully saturated rings. The highest BCUT2D eigenvalue weighted by Gasteiger charge is 2.55. The first-order valence-electron chi connectivity index (χ1n) is 12.6. The van der Waals surface area contributed by atoms with Crippen molar-refractivity contribution in [3.8, 4) is 0 Å². The van der Waals surface area contributed by atoms with Crippen LogP contribution in [0.4, 0.5) is 0 Å². The van der Waals surface area contributed by atoms with Gasteiger partial charge >= 0.3 is 0 Å². The monoisotopic (exact) mass is 442 g/mol. The average Bonchev–Trinajstić information content (AvgIpc) is 3.17. The van der Waals surface area contributed by atoms with Gasteiger partial charge in [-0.25, -0.2) is 0 Å². The highest BCUT2D eigenvalue weighted by atomic mass is 15.1. The van der Waals surface area contributed by atoms with Crippen molar-refractivity contribution in [2.75, 3.05) is 13.6 Å². The van der Waals surface area contributed by atoms with Crippen LogP contribution in [-0.2, 0) is 0 Å². The Morgan fingerprint density at radius 3 is 2.75 bits per heavy atom. The van der Waals surface area contributed by atoms with E-state index in [4.69, 9.17) is 4.99 Å². The second kappa shape index (κ2) is 10.4. The van der Waals surface area contributed by atoms with Crippen molar-refractivity contribution in [3.63, 3.8) is 0 Å². The van der Waals surface area contributed by atoms with E-state index < -0.39 is 0 Å². The molecule has 0 saturated heterocycles. The van der Waals surface area contributed by atoms with Crippen LogP contribution in [0.1, 0.15) is 67.7 Å². The van der Waals surface area contributed by atoms with Gasteiger partial charge in [0.25, 0.3) is 0 Å². The van der Waals surface area contributed by atoms with Gasteiger partial charge in [0.15, 0.2) is 0 Å². The smallest absolute Gasteiger partial charge is 0.0931 e. The zero-order valence-corrected chi connectivity index (χ0v) is 21.5. The van der Waals surface area contributed by atoms with Crippen molar-refractivity contribution in [1.29, 1.82) is 0 Å². The molecule has 6 nitrogen and oxygen atoms in total. The highest BCUT2D eigenvalue weighted by Crippen LogP contribution is 2.56. The summed E-state index contributed by atoms with van der Waals surface area (Å²) < 4.78 is 0. The van der Waals surface area contributed by atoms with E-state index in [1.54, 1.807) is 0 Å². The molecule has 32 heavy (non-hydrogen) atoms. The zero-order valence-electron chi connectivity index (χ0n) is 21.5. The molecule has 1 saturated carbocycles. The van der Waals surface area contributed by atoms with Gasteiger partial charge in [-0.05, 0) is 69.1 Å². The van der Waals surface area contributed by atoms with E-state index in [0.29, 0.717) is 41.7 Å². The van der Waals surface area contributed by atoms with Gasteiger partial charge in [-0.3, -0.25) is 15.0 Å². The summed E-state index contributed by atoms with van der Waals surface area (Å²) in [4.78, 5) is 13.7. The fraction of sp³-hybridized carbons (Fsp3) is 0.808. The molecule has 6 heteroatoms. The molecule has 2 aliphatic carbocycles. The molecule has 3 aliphatic rings. The first-order valence-corrected chi connectivity index (χ1v) is 12.6. The van der Waals surface area contributed by atoms with Gasteiger partial charge in [-0.1, -0.05) is 40.2 Å². The largest absolute Gasteiger partial charge is 0.370 e. The predicted octanol–water partition coefficient (Wildman–Crippen LogP) is 4.25. The minimum Gasteiger partial charge on any atom is -0.370 e. The summed E-state index contributed by atoms with van der Waals surface area (Å²) in [5, 5.41) is 10.7. The summed E-state index contributed by atoms with van der Waals surface area (Å²) in [5.74, 6) is 4.83. The number of rotatable bonds is 9. The number of allylic oxidation sites excluding steroid dienone is 2. The molecule has 3 N–H and O–H groups in total. The Morgan fingerprint density at radius 1 is 1.38 bits per heavy atom. The topological polar surface area (TPSA) is 73.2 Å². The molecule has 3 rings (SSSR count). The first-order chi connectivity index (χ1) is 15.2. The van der Waals surface area contributed by atoms with Crippen LogP contribution in [0.15, 0.2) is 26.8 Å². The van der Waals surface area contributed by atoms with Crippen LogP contribution in [-0.4, -0.2) is 49.7 Å². The van der Waals surface area contributed by atoms with Crippen molar-refractivity contribution < 1.29 is 0 Å². The Morgan fingerprint density at radius 2 is 2.12 bits per heavy atom. The first kappa shape index (κ1) is 24.8. The molecule has 0 aromatic rings. The maximum absolute atomic E-state index is 4.95. The predicted molar refractivity (Wildman–Crippen MR) is 138 cm³/mol. The number of fused-ring (bicyclic) bond motifs is 1. The second-order valence-electron chi connectivity index (χ2n) is 11.0. The molecule has 8 atom stereocenters.